The summed E-state index contributed by atoms with van der Waals surface area (Å²) in [5.74, 6) is 0.511. The smallest absolute Gasteiger partial charge is 0.151 e. The van der Waals surface area contributed by atoms with Crippen molar-refractivity contribution >= 4 is 9.84 Å². The van der Waals surface area contributed by atoms with Gasteiger partial charge in [0.05, 0.1) is 5.75 Å². The fraction of sp³-hybridized carbons (Fsp3) is 1.00. The quantitative estimate of drug-likeness (QED) is 0.604. The van der Waals surface area contributed by atoms with E-state index in [0.29, 0.717) is 6.54 Å². The van der Waals surface area contributed by atoms with Gasteiger partial charge in [-0.2, -0.15) is 0 Å². The lowest BCUT2D eigenvalue weighted by Gasteiger charge is -2.19. The number of nitrogens with zero attached hydrogens (tertiary/aromatic N) is 1. The first-order valence-corrected chi connectivity index (χ1v) is 8.06. The van der Waals surface area contributed by atoms with Crippen molar-refractivity contribution in [2.24, 2.45) is 0 Å². The van der Waals surface area contributed by atoms with Gasteiger partial charge >= 0.3 is 0 Å². The summed E-state index contributed by atoms with van der Waals surface area (Å²) in [4.78, 5) is 2.46. The first-order chi connectivity index (χ1) is 7.59. The molecule has 0 spiro atoms. The van der Waals surface area contributed by atoms with Crippen molar-refractivity contribution in [1.82, 2.24) is 10.2 Å². The van der Waals surface area contributed by atoms with Gasteiger partial charge in [0.15, 0.2) is 9.84 Å². The Labute approximate surface area is 99.3 Å². The van der Waals surface area contributed by atoms with Crippen LogP contribution in [0.4, 0.5) is 0 Å². The molecule has 5 heteroatoms. The maximum absolute atomic E-state index is 11.2. The molecule has 1 rings (SSSR count). The van der Waals surface area contributed by atoms with Gasteiger partial charge in [0.25, 0.3) is 0 Å². The summed E-state index contributed by atoms with van der Waals surface area (Å²) in [6.45, 7) is 7.48. The van der Waals surface area contributed by atoms with Crippen molar-refractivity contribution in [3.8, 4) is 0 Å². The van der Waals surface area contributed by atoms with Gasteiger partial charge in [-0.05, 0) is 19.4 Å². The molecule has 0 aromatic carbocycles. The van der Waals surface area contributed by atoms with Crippen LogP contribution in [0.5, 0.6) is 0 Å². The lowest BCUT2D eigenvalue weighted by molar-refractivity contribution is 0.278. The molecular weight excluding hydrogens is 224 g/mol. The Morgan fingerprint density at radius 3 is 2.44 bits per heavy atom. The van der Waals surface area contributed by atoms with E-state index in [4.69, 9.17) is 0 Å². The SMILES string of the molecule is CCN(CCNCCS(=O)(=O)CC)C1CC1. The van der Waals surface area contributed by atoms with E-state index in [-0.39, 0.29) is 11.5 Å². The van der Waals surface area contributed by atoms with Gasteiger partial charge in [0.1, 0.15) is 0 Å². The minimum absolute atomic E-state index is 0.248. The fourth-order valence-electron chi connectivity index (χ4n) is 1.76. The van der Waals surface area contributed by atoms with E-state index < -0.39 is 9.84 Å². The highest BCUT2D eigenvalue weighted by atomic mass is 32.2. The normalized spacial score (nSPS) is 16.9. The van der Waals surface area contributed by atoms with E-state index in [9.17, 15) is 8.42 Å². The molecule has 4 nitrogen and oxygen atoms in total. The van der Waals surface area contributed by atoms with Crippen LogP contribution in [0.15, 0.2) is 0 Å². The molecule has 0 aromatic rings. The van der Waals surface area contributed by atoms with E-state index in [2.05, 4.69) is 17.1 Å². The number of hydrogen-bond acceptors (Lipinski definition) is 4. The van der Waals surface area contributed by atoms with Crippen molar-refractivity contribution in [3.05, 3.63) is 0 Å². The van der Waals surface area contributed by atoms with Crippen LogP contribution in [0.1, 0.15) is 26.7 Å². The predicted octanol–water partition coefficient (Wildman–Crippen LogP) is 0.495. The number of sulfone groups is 1. The molecule has 0 heterocycles. The molecule has 1 saturated carbocycles. The van der Waals surface area contributed by atoms with Crippen molar-refractivity contribution in [2.45, 2.75) is 32.7 Å². The molecule has 96 valence electrons. The molecule has 0 bridgehead atoms. The van der Waals surface area contributed by atoms with Crippen molar-refractivity contribution in [2.75, 3.05) is 37.7 Å². The lowest BCUT2D eigenvalue weighted by atomic mass is 10.4. The van der Waals surface area contributed by atoms with Crippen LogP contribution in [0, 0.1) is 0 Å². The van der Waals surface area contributed by atoms with Gasteiger partial charge in [-0.1, -0.05) is 13.8 Å². The number of likely N-dealkylation sites (N-methyl/N-ethyl adjacent to an activating group) is 1. The Kier molecular flexibility index (Phi) is 5.72. The van der Waals surface area contributed by atoms with Gasteiger partial charge in [-0.15, -0.1) is 0 Å². The van der Waals surface area contributed by atoms with Gasteiger partial charge in [0, 0.05) is 31.4 Å². The molecule has 0 unspecified atom stereocenters. The summed E-state index contributed by atoms with van der Waals surface area (Å²) in [6.07, 6.45) is 2.66. The largest absolute Gasteiger partial charge is 0.314 e. The Morgan fingerprint density at radius 1 is 1.25 bits per heavy atom. The molecule has 16 heavy (non-hydrogen) atoms. The third kappa shape index (κ3) is 5.27. The highest BCUT2D eigenvalue weighted by Crippen LogP contribution is 2.25. The minimum atomic E-state index is -2.81. The number of hydrogen-bond donors (Lipinski definition) is 1. The number of rotatable bonds is 9. The zero-order chi connectivity index (χ0) is 12.0. The standard InChI is InChI=1S/C11H24N2O2S/c1-3-13(11-5-6-11)9-7-12-8-10-16(14,15)4-2/h11-12H,3-10H2,1-2H3. The third-order valence-electron chi connectivity index (χ3n) is 3.07. The molecular formula is C11H24N2O2S. The van der Waals surface area contributed by atoms with Crippen LogP contribution in [0.2, 0.25) is 0 Å². The Morgan fingerprint density at radius 2 is 1.94 bits per heavy atom. The van der Waals surface area contributed by atoms with E-state index in [1.54, 1.807) is 6.92 Å². The molecule has 1 aliphatic rings. The van der Waals surface area contributed by atoms with Crippen molar-refractivity contribution in [1.29, 1.82) is 0 Å². The molecule has 1 aliphatic carbocycles. The third-order valence-corrected chi connectivity index (χ3v) is 4.78. The second-order valence-electron chi connectivity index (χ2n) is 4.35. The predicted molar refractivity (Wildman–Crippen MR) is 67.5 cm³/mol. The molecule has 0 aliphatic heterocycles. The highest BCUT2D eigenvalue weighted by Gasteiger charge is 2.26. The number of nitrogens with one attached hydrogen (secondary N) is 1. The van der Waals surface area contributed by atoms with Crippen LogP contribution in [-0.2, 0) is 9.84 Å². The average Bonchev–Trinajstić information content (AvgIpc) is 3.07. The van der Waals surface area contributed by atoms with Crippen LogP contribution in [-0.4, -0.2) is 57.0 Å². The molecule has 0 amide bonds. The first-order valence-electron chi connectivity index (χ1n) is 6.24. The zero-order valence-electron chi connectivity index (χ0n) is 10.4. The second kappa shape index (κ2) is 6.57. The van der Waals surface area contributed by atoms with Gasteiger partial charge in [-0.25, -0.2) is 8.42 Å². The Balaban J connectivity index is 2.03. The lowest BCUT2D eigenvalue weighted by Crippen LogP contribution is -2.35. The van der Waals surface area contributed by atoms with Crippen LogP contribution in [0.3, 0.4) is 0 Å². The Hall–Kier alpha value is -0.130. The van der Waals surface area contributed by atoms with E-state index in [1.807, 2.05) is 0 Å². The second-order valence-corrected chi connectivity index (χ2v) is 6.82. The van der Waals surface area contributed by atoms with E-state index in [0.717, 1.165) is 25.7 Å². The summed E-state index contributed by atoms with van der Waals surface area (Å²) < 4.78 is 22.4. The molecule has 1 fully saturated rings. The van der Waals surface area contributed by atoms with E-state index in [1.165, 1.54) is 12.8 Å². The summed E-state index contributed by atoms with van der Waals surface area (Å²) in [5, 5.41) is 3.20. The first kappa shape index (κ1) is 13.9. The fourth-order valence-corrected chi connectivity index (χ4v) is 2.50. The molecule has 1 N–H and O–H groups in total. The van der Waals surface area contributed by atoms with Crippen LogP contribution in [0.25, 0.3) is 0 Å². The molecule has 0 radical (unpaired) electrons. The maximum Gasteiger partial charge on any atom is 0.151 e. The maximum atomic E-state index is 11.2. The Bertz CT molecular complexity index is 286. The average molecular weight is 248 g/mol. The topological polar surface area (TPSA) is 49.4 Å². The summed E-state index contributed by atoms with van der Waals surface area (Å²) in [7, 11) is -2.81. The minimum Gasteiger partial charge on any atom is -0.314 e. The summed E-state index contributed by atoms with van der Waals surface area (Å²) in [6, 6.07) is 0.797. The van der Waals surface area contributed by atoms with Gasteiger partial charge in [-0.3, -0.25) is 4.90 Å². The molecule has 0 atom stereocenters. The van der Waals surface area contributed by atoms with Gasteiger partial charge in [0.2, 0.25) is 0 Å². The monoisotopic (exact) mass is 248 g/mol. The highest BCUT2D eigenvalue weighted by molar-refractivity contribution is 7.91. The summed E-state index contributed by atoms with van der Waals surface area (Å²) in [5.41, 5.74) is 0. The van der Waals surface area contributed by atoms with Gasteiger partial charge < -0.3 is 5.32 Å². The van der Waals surface area contributed by atoms with Crippen molar-refractivity contribution in [3.63, 3.8) is 0 Å². The molecule has 0 saturated heterocycles. The zero-order valence-corrected chi connectivity index (χ0v) is 11.2. The van der Waals surface area contributed by atoms with E-state index >= 15 is 0 Å². The summed E-state index contributed by atoms with van der Waals surface area (Å²) >= 11 is 0. The van der Waals surface area contributed by atoms with Crippen molar-refractivity contribution < 1.29 is 8.42 Å². The van der Waals surface area contributed by atoms with Crippen LogP contribution >= 0.6 is 0 Å². The van der Waals surface area contributed by atoms with Crippen LogP contribution < -0.4 is 5.32 Å². The molecule has 0 aromatic heterocycles.